The molecule has 24 heavy (non-hydrogen) atoms. The second-order valence-electron chi connectivity index (χ2n) is 6.71. The second-order valence-corrected chi connectivity index (χ2v) is 7.49. The summed E-state index contributed by atoms with van der Waals surface area (Å²) in [4.78, 5) is 29.1. The molecular formula is C19H20N2O2S. The molecule has 1 aromatic heterocycles. The molecule has 0 radical (unpaired) electrons. The lowest BCUT2D eigenvalue weighted by molar-refractivity contribution is -0.129. The van der Waals surface area contributed by atoms with Crippen LogP contribution >= 0.6 is 11.3 Å². The SMILES string of the molecule is CC(=O)N1C[C@H](c2ccccc2)[C@]2(CCN(c3ccsc3)C2=O)C1. The van der Waals surface area contributed by atoms with Crippen molar-refractivity contribution in [1.29, 1.82) is 0 Å². The number of anilines is 1. The summed E-state index contributed by atoms with van der Waals surface area (Å²) in [5, 5.41) is 4.02. The van der Waals surface area contributed by atoms with Crippen LogP contribution in [0.2, 0.25) is 0 Å². The molecule has 2 aliphatic rings. The predicted molar refractivity (Wildman–Crippen MR) is 95.2 cm³/mol. The van der Waals surface area contributed by atoms with Crippen LogP contribution in [-0.2, 0) is 9.59 Å². The molecule has 0 N–H and O–H groups in total. The molecule has 3 heterocycles. The third-order valence-corrected chi connectivity index (χ3v) is 6.13. The number of carbonyl (C=O) groups excluding carboxylic acids is 2. The highest BCUT2D eigenvalue weighted by molar-refractivity contribution is 7.08. The lowest BCUT2D eigenvalue weighted by atomic mass is 9.73. The molecule has 0 saturated carbocycles. The molecule has 124 valence electrons. The number of rotatable bonds is 2. The van der Waals surface area contributed by atoms with Crippen LogP contribution in [-0.4, -0.2) is 36.3 Å². The summed E-state index contributed by atoms with van der Waals surface area (Å²) in [5.74, 6) is 0.284. The van der Waals surface area contributed by atoms with Gasteiger partial charge < -0.3 is 9.80 Å². The summed E-state index contributed by atoms with van der Waals surface area (Å²) >= 11 is 1.60. The molecule has 4 rings (SSSR count). The van der Waals surface area contributed by atoms with Crippen LogP contribution in [0.4, 0.5) is 5.69 Å². The molecule has 2 fully saturated rings. The second kappa shape index (κ2) is 5.74. The molecule has 0 unspecified atom stereocenters. The lowest BCUT2D eigenvalue weighted by Gasteiger charge is -2.28. The van der Waals surface area contributed by atoms with Gasteiger partial charge in [0.15, 0.2) is 0 Å². The number of benzene rings is 1. The molecule has 0 bridgehead atoms. The van der Waals surface area contributed by atoms with Crippen molar-refractivity contribution in [1.82, 2.24) is 4.90 Å². The normalized spacial score (nSPS) is 26.5. The van der Waals surface area contributed by atoms with E-state index < -0.39 is 5.41 Å². The summed E-state index contributed by atoms with van der Waals surface area (Å²) < 4.78 is 0. The van der Waals surface area contributed by atoms with Crippen molar-refractivity contribution in [3.05, 3.63) is 52.7 Å². The number of likely N-dealkylation sites (tertiary alicyclic amines) is 1. The smallest absolute Gasteiger partial charge is 0.235 e. The van der Waals surface area contributed by atoms with Gasteiger partial charge in [-0.1, -0.05) is 30.3 Å². The van der Waals surface area contributed by atoms with Crippen molar-refractivity contribution in [2.24, 2.45) is 5.41 Å². The summed E-state index contributed by atoms with van der Waals surface area (Å²) in [7, 11) is 0. The topological polar surface area (TPSA) is 40.6 Å². The van der Waals surface area contributed by atoms with Gasteiger partial charge in [0.1, 0.15) is 0 Å². The molecule has 5 heteroatoms. The molecule has 2 saturated heterocycles. The zero-order valence-corrected chi connectivity index (χ0v) is 14.5. The third-order valence-electron chi connectivity index (χ3n) is 5.46. The number of amides is 2. The number of thiophene rings is 1. The standard InChI is InChI=1S/C19H20N2O2S/c1-14(22)20-11-17(15-5-3-2-4-6-15)19(13-20)8-9-21(18(19)23)16-7-10-24-12-16/h2-7,10,12,17H,8-9,11,13H2,1H3/t17-,19+/m1/s1. The van der Waals surface area contributed by atoms with Gasteiger partial charge in [0.25, 0.3) is 0 Å². The largest absolute Gasteiger partial charge is 0.341 e. The van der Waals surface area contributed by atoms with Crippen LogP contribution in [0, 0.1) is 5.41 Å². The van der Waals surface area contributed by atoms with Crippen LogP contribution in [0.1, 0.15) is 24.8 Å². The Morgan fingerprint density at radius 2 is 2.04 bits per heavy atom. The fourth-order valence-corrected chi connectivity index (χ4v) is 4.82. The summed E-state index contributed by atoms with van der Waals surface area (Å²) in [6.45, 7) is 3.48. The lowest BCUT2D eigenvalue weighted by Crippen LogP contribution is -2.40. The first-order valence-corrected chi connectivity index (χ1v) is 9.21. The third kappa shape index (κ3) is 2.26. The highest BCUT2D eigenvalue weighted by Gasteiger charge is 2.57. The summed E-state index contributed by atoms with van der Waals surface area (Å²) in [6, 6.07) is 12.2. The van der Waals surface area contributed by atoms with Crippen molar-refractivity contribution in [2.45, 2.75) is 19.3 Å². The minimum atomic E-state index is -0.491. The number of carbonyl (C=O) groups is 2. The van der Waals surface area contributed by atoms with Crippen molar-refractivity contribution >= 4 is 28.8 Å². The minimum Gasteiger partial charge on any atom is -0.341 e. The van der Waals surface area contributed by atoms with E-state index in [2.05, 4.69) is 12.1 Å². The van der Waals surface area contributed by atoms with E-state index in [1.165, 1.54) is 0 Å². The average Bonchev–Trinajstić information content (AvgIpc) is 3.30. The van der Waals surface area contributed by atoms with Gasteiger partial charge in [-0.15, -0.1) is 0 Å². The monoisotopic (exact) mass is 340 g/mol. The Kier molecular flexibility index (Phi) is 3.68. The first-order valence-electron chi connectivity index (χ1n) is 8.26. The quantitative estimate of drug-likeness (QED) is 0.843. The van der Waals surface area contributed by atoms with Gasteiger partial charge in [-0.3, -0.25) is 9.59 Å². The Morgan fingerprint density at radius 1 is 1.25 bits per heavy atom. The van der Waals surface area contributed by atoms with Crippen LogP contribution in [0.3, 0.4) is 0 Å². The molecule has 0 aliphatic carbocycles. The van der Waals surface area contributed by atoms with Gasteiger partial charge in [-0.05, 0) is 23.4 Å². The van der Waals surface area contributed by atoms with Gasteiger partial charge in [0.2, 0.25) is 11.8 Å². The summed E-state index contributed by atoms with van der Waals surface area (Å²) in [6.07, 6.45) is 0.797. The first kappa shape index (κ1) is 15.4. The molecular weight excluding hydrogens is 320 g/mol. The fraction of sp³-hybridized carbons (Fsp3) is 0.368. The van der Waals surface area contributed by atoms with E-state index in [1.807, 2.05) is 44.8 Å². The van der Waals surface area contributed by atoms with Gasteiger partial charge in [-0.2, -0.15) is 11.3 Å². The van der Waals surface area contributed by atoms with Gasteiger partial charge in [0, 0.05) is 37.9 Å². The van der Waals surface area contributed by atoms with E-state index in [1.54, 1.807) is 18.3 Å². The van der Waals surface area contributed by atoms with Crippen molar-refractivity contribution < 1.29 is 9.59 Å². The van der Waals surface area contributed by atoms with Crippen LogP contribution < -0.4 is 4.90 Å². The number of hydrogen-bond donors (Lipinski definition) is 0. The Hall–Kier alpha value is -2.14. The maximum absolute atomic E-state index is 13.4. The van der Waals surface area contributed by atoms with Gasteiger partial charge in [-0.25, -0.2) is 0 Å². The molecule has 2 aliphatic heterocycles. The Labute approximate surface area is 145 Å². The van der Waals surface area contributed by atoms with Crippen molar-refractivity contribution in [2.75, 3.05) is 24.5 Å². The van der Waals surface area contributed by atoms with E-state index in [9.17, 15) is 9.59 Å². The Balaban J connectivity index is 1.73. The predicted octanol–water partition coefficient (Wildman–Crippen LogP) is 3.12. The molecule has 2 amide bonds. The van der Waals surface area contributed by atoms with Crippen molar-refractivity contribution in [3.8, 4) is 0 Å². The maximum Gasteiger partial charge on any atom is 0.235 e. The molecule has 2 atom stereocenters. The number of hydrogen-bond acceptors (Lipinski definition) is 3. The van der Waals surface area contributed by atoms with E-state index >= 15 is 0 Å². The Bertz CT molecular complexity index is 759. The van der Waals surface area contributed by atoms with Crippen LogP contribution in [0.25, 0.3) is 0 Å². The van der Waals surface area contributed by atoms with Gasteiger partial charge in [0.05, 0.1) is 11.1 Å². The first-order chi connectivity index (χ1) is 11.6. The molecule has 1 spiro atoms. The minimum absolute atomic E-state index is 0.0505. The van der Waals surface area contributed by atoms with Gasteiger partial charge >= 0.3 is 0 Å². The highest BCUT2D eigenvalue weighted by Crippen LogP contribution is 2.50. The highest BCUT2D eigenvalue weighted by atomic mass is 32.1. The molecule has 4 nitrogen and oxygen atoms in total. The van der Waals surface area contributed by atoms with E-state index in [0.717, 1.165) is 24.2 Å². The number of nitrogens with zero attached hydrogens (tertiary/aromatic N) is 2. The van der Waals surface area contributed by atoms with Crippen LogP contribution in [0.15, 0.2) is 47.2 Å². The van der Waals surface area contributed by atoms with Crippen molar-refractivity contribution in [3.63, 3.8) is 0 Å². The van der Waals surface area contributed by atoms with Crippen LogP contribution in [0.5, 0.6) is 0 Å². The Morgan fingerprint density at radius 3 is 2.71 bits per heavy atom. The zero-order valence-electron chi connectivity index (χ0n) is 13.6. The average molecular weight is 340 g/mol. The zero-order chi connectivity index (χ0) is 16.7. The molecule has 2 aromatic rings. The maximum atomic E-state index is 13.4. The molecule has 1 aromatic carbocycles. The van der Waals surface area contributed by atoms with E-state index in [4.69, 9.17) is 0 Å². The fourth-order valence-electron chi connectivity index (χ4n) is 4.18. The van der Waals surface area contributed by atoms with E-state index in [-0.39, 0.29) is 17.7 Å². The van der Waals surface area contributed by atoms with E-state index in [0.29, 0.717) is 13.1 Å². The summed E-state index contributed by atoms with van der Waals surface area (Å²) in [5.41, 5.74) is 1.64.